The summed E-state index contributed by atoms with van der Waals surface area (Å²) in [5.74, 6) is 0.155. The predicted octanol–water partition coefficient (Wildman–Crippen LogP) is 4.13. The van der Waals surface area contributed by atoms with Crippen molar-refractivity contribution in [2.45, 2.75) is 39.0 Å². The Bertz CT molecular complexity index is 410. The average Bonchev–Trinajstić information content (AvgIpc) is 2.40. The summed E-state index contributed by atoms with van der Waals surface area (Å²) < 4.78 is 5.73. The van der Waals surface area contributed by atoms with Crippen LogP contribution in [-0.4, -0.2) is 17.7 Å². The summed E-state index contributed by atoms with van der Waals surface area (Å²) in [5, 5.41) is 8.55. The van der Waals surface area contributed by atoms with Crippen molar-refractivity contribution in [3.63, 3.8) is 0 Å². The summed E-state index contributed by atoms with van der Waals surface area (Å²) in [6.07, 6.45) is 7.84. The van der Waals surface area contributed by atoms with Gasteiger partial charge in [-0.05, 0) is 25.3 Å². The number of para-hydroxylation sites is 1. The van der Waals surface area contributed by atoms with Crippen LogP contribution in [0.4, 0.5) is 0 Å². The molecule has 1 aromatic rings. The Balaban J connectivity index is 2.47. The molecule has 0 fully saturated rings. The van der Waals surface area contributed by atoms with Gasteiger partial charge in [-0.2, -0.15) is 0 Å². The van der Waals surface area contributed by atoms with Gasteiger partial charge in [-0.1, -0.05) is 43.7 Å². The van der Waals surface area contributed by atoms with Gasteiger partial charge in [0.2, 0.25) is 0 Å². The second kappa shape index (κ2) is 9.20. The van der Waals surface area contributed by atoms with Gasteiger partial charge in [-0.25, -0.2) is 0 Å². The summed E-state index contributed by atoms with van der Waals surface area (Å²) in [6.45, 7) is 2.87. The van der Waals surface area contributed by atoms with E-state index >= 15 is 0 Å². The summed E-state index contributed by atoms with van der Waals surface area (Å²) >= 11 is 0. The molecular formula is C16H22O3. The Kier molecular flexibility index (Phi) is 7.40. The third-order valence-corrected chi connectivity index (χ3v) is 2.73. The number of benzene rings is 1. The molecule has 3 heteroatoms. The van der Waals surface area contributed by atoms with Crippen LogP contribution in [0.1, 0.15) is 44.6 Å². The van der Waals surface area contributed by atoms with Crippen LogP contribution in [0.15, 0.2) is 30.3 Å². The largest absolute Gasteiger partial charge is 0.493 e. The van der Waals surface area contributed by atoms with E-state index < -0.39 is 5.97 Å². The van der Waals surface area contributed by atoms with Gasteiger partial charge in [-0.3, -0.25) is 4.79 Å². The van der Waals surface area contributed by atoms with Crippen LogP contribution in [-0.2, 0) is 4.79 Å². The topological polar surface area (TPSA) is 46.5 Å². The SMILES string of the molecule is CCCCOc1ccccc1/C=C/CCCC(=O)O. The van der Waals surface area contributed by atoms with Gasteiger partial charge in [0.1, 0.15) is 5.75 Å². The Hall–Kier alpha value is -1.77. The fourth-order valence-corrected chi connectivity index (χ4v) is 1.66. The molecule has 0 aromatic heterocycles. The van der Waals surface area contributed by atoms with Crippen LogP contribution in [0.25, 0.3) is 6.08 Å². The van der Waals surface area contributed by atoms with E-state index in [1.165, 1.54) is 0 Å². The molecule has 0 bridgehead atoms. The molecule has 3 nitrogen and oxygen atoms in total. The standard InChI is InChI=1S/C16H22O3/c1-2-3-13-19-15-11-8-7-10-14(15)9-5-4-6-12-16(17)18/h5,7-11H,2-4,6,12-13H2,1H3,(H,17,18)/b9-5+. The van der Waals surface area contributed by atoms with Gasteiger partial charge in [0.05, 0.1) is 6.61 Å². The lowest BCUT2D eigenvalue weighted by Crippen LogP contribution is -1.97. The Morgan fingerprint density at radius 1 is 1.32 bits per heavy atom. The van der Waals surface area contributed by atoms with Crippen molar-refractivity contribution in [1.29, 1.82) is 0 Å². The van der Waals surface area contributed by atoms with Gasteiger partial charge in [0.25, 0.3) is 0 Å². The number of carboxylic acids is 1. The minimum Gasteiger partial charge on any atom is -0.493 e. The number of carbonyl (C=O) groups is 1. The molecule has 1 rings (SSSR count). The predicted molar refractivity (Wildman–Crippen MR) is 77.4 cm³/mol. The fourth-order valence-electron chi connectivity index (χ4n) is 1.66. The van der Waals surface area contributed by atoms with Crippen LogP contribution >= 0.6 is 0 Å². The normalized spacial score (nSPS) is 10.8. The van der Waals surface area contributed by atoms with E-state index in [-0.39, 0.29) is 6.42 Å². The number of rotatable bonds is 9. The average molecular weight is 262 g/mol. The zero-order valence-electron chi connectivity index (χ0n) is 11.5. The van der Waals surface area contributed by atoms with E-state index in [0.29, 0.717) is 6.42 Å². The highest BCUT2D eigenvalue weighted by Gasteiger charge is 1.99. The van der Waals surface area contributed by atoms with E-state index in [2.05, 4.69) is 6.92 Å². The molecule has 0 heterocycles. The molecule has 0 aliphatic heterocycles. The van der Waals surface area contributed by atoms with Crippen LogP contribution in [0, 0.1) is 0 Å². The van der Waals surface area contributed by atoms with Crippen molar-refractivity contribution in [3.8, 4) is 5.75 Å². The molecule has 0 spiro atoms. The molecular weight excluding hydrogens is 240 g/mol. The van der Waals surface area contributed by atoms with Crippen LogP contribution in [0.5, 0.6) is 5.75 Å². The number of hydrogen-bond acceptors (Lipinski definition) is 2. The van der Waals surface area contributed by atoms with Gasteiger partial charge in [-0.15, -0.1) is 0 Å². The number of carboxylic acid groups (broad SMARTS) is 1. The smallest absolute Gasteiger partial charge is 0.303 e. The maximum absolute atomic E-state index is 10.4. The lowest BCUT2D eigenvalue weighted by molar-refractivity contribution is -0.137. The molecule has 0 amide bonds. The first-order valence-corrected chi connectivity index (χ1v) is 6.84. The first-order chi connectivity index (χ1) is 9.24. The van der Waals surface area contributed by atoms with Crippen LogP contribution in [0.2, 0.25) is 0 Å². The van der Waals surface area contributed by atoms with Gasteiger partial charge in [0.15, 0.2) is 0 Å². The van der Waals surface area contributed by atoms with Gasteiger partial charge < -0.3 is 9.84 Å². The van der Waals surface area contributed by atoms with Crippen molar-refractivity contribution in [3.05, 3.63) is 35.9 Å². The summed E-state index contributed by atoms with van der Waals surface area (Å²) in [5.41, 5.74) is 1.05. The summed E-state index contributed by atoms with van der Waals surface area (Å²) in [7, 11) is 0. The fraction of sp³-hybridized carbons (Fsp3) is 0.438. The molecule has 0 aliphatic carbocycles. The minimum atomic E-state index is -0.739. The monoisotopic (exact) mass is 262 g/mol. The molecule has 1 N–H and O–H groups in total. The van der Waals surface area contributed by atoms with Crippen molar-refractivity contribution >= 4 is 12.0 Å². The van der Waals surface area contributed by atoms with E-state index in [4.69, 9.17) is 9.84 Å². The first kappa shape index (κ1) is 15.3. The molecule has 0 unspecified atom stereocenters. The number of unbranched alkanes of at least 4 members (excludes halogenated alkanes) is 2. The van der Waals surface area contributed by atoms with Crippen molar-refractivity contribution in [1.82, 2.24) is 0 Å². The molecule has 1 aromatic carbocycles. The maximum atomic E-state index is 10.4. The molecule has 0 radical (unpaired) electrons. The third kappa shape index (κ3) is 6.65. The lowest BCUT2D eigenvalue weighted by Gasteiger charge is -2.08. The molecule has 0 saturated carbocycles. The van der Waals surface area contributed by atoms with Crippen molar-refractivity contribution in [2.24, 2.45) is 0 Å². The molecule has 0 atom stereocenters. The second-order valence-corrected chi connectivity index (χ2v) is 4.43. The highest BCUT2D eigenvalue weighted by atomic mass is 16.5. The van der Waals surface area contributed by atoms with Gasteiger partial charge >= 0.3 is 5.97 Å². The molecule has 0 aliphatic rings. The molecule has 0 saturated heterocycles. The van der Waals surface area contributed by atoms with Crippen molar-refractivity contribution < 1.29 is 14.6 Å². The summed E-state index contributed by atoms with van der Waals surface area (Å²) in [6, 6.07) is 7.91. The highest BCUT2D eigenvalue weighted by Crippen LogP contribution is 2.20. The second-order valence-electron chi connectivity index (χ2n) is 4.43. The Morgan fingerprint density at radius 2 is 2.11 bits per heavy atom. The van der Waals surface area contributed by atoms with Gasteiger partial charge in [0, 0.05) is 12.0 Å². The number of allylic oxidation sites excluding steroid dienone is 1. The van der Waals surface area contributed by atoms with E-state index in [9.17, 15) is 4.79 Å². The van der Waals surface area contributed by atoms with E-state index in [1.54, 1.807) is 0 Å². The third-order valence-electron chi connectivity index (χ3n) is 2.73. The Morgan fingerprint density at radius 3 is 2.84 bits per heavy atom. The quantitative estimate of drug-likeness (QED) is 0.680. The zero-order valence-corrected chi connectivity index (χ0v) is 11.5. The first-order valence-electron chi connectivity index (χ1n) is 6.84. The minimum absolute atomic E-state index is 0.221. The van der Waals surface area contributed by atoms with E-state index in [1.807, 2.05) is 36.4 Å². The maximum Gasteiger partial charge on any atom is 0.303 e. The zero-order chi connectivity index (χ0) is 13.9. The Labute approximate surface area is 114 Å². The van der Waals surface area contributed by atoms with E-state index in [0.717, 1.165) is 37.2 Å². The molecule has 19 heavy (non-hydrogen) atoms. The number of ether oxygens (including phenoxy) is 1. The van der Waals surface area contributed by atoms with Crippen molar-refractivity contribution in [2.75, 3.05) is 6.61 Å². The number of hydrogen-bond donors (Lipinski definition) is 1. The lowest BCUT2D eigenvalue weighted by atomic mass is 10.1. The van der Waals surface area contributed by atoms with Crippen LogP contribution in [0.3, 0.4) is 0 Å². The summed E-state index contributed by atoms with van der Waals surface area (Å²) in [4.78, 5) is 10.4. The highest BCUT2D eigenvalue weighted by molar-refractivity contribution is 5.66. The van der Waals surface area contributed by atoms with Crippen LogP contribution < -0.4 is 4.74 Å². The number of aliphatic carboxylic acids is 1. The molecule has 104 valence electrons.